The van der Waals surface area contributed by atoms with Gasteiger partial charge in [0.15, 0.2) is 6.10 Å². The van der Waals surface area contributed by atoms with Crippen molar-refractivity contribution in [2.24, 2.45) is 11.6 Å². The number of aryl methyl sites for hydroxylation is 1. The van der Waals surface area contributed by atoms with Crippen molar-refractivity contribution in [1.82, 2.24) is 50.9 Å². The van der Waals surface area contributed by atoms with Gasteiger partial charge < -0.3 is 61.3 Å². The van der Waals surface area contributed by atoms with Gasteiger partial charge in [0.2, 0.25) is 23.6 Å². The fourth-order valence-corrected chi connectivity index (χ4v) is 9.48. The molecule has 3 atom stereocenters. The van der Waals surface area contributed by atoms with E-state index in [1.165, 1.54) is 32.7 Å². The molecule has 0 spiro atoms. The van der Waals surface area contributed by atoms with Gasteiger partial charge in [0, 0.05) is 92.2 Å². The number of imide groups is 1. The maximum absolute atomic E-state index is 14.9. The SMILES string of the molecule is CC.CNCC(=O)NC(Cc1ccccc1)C(=O)NCC(=O)NCC1CN(C/C(N)=C/N(N)Cc2c3c(nc4cc(F)c(C)cc24)-c2cc4c(c(=O)n2C3)COC(=O)C4O)CCO1.O=CCNC(=O)CCCCCN1C(=O)C=CC1=O. The van der Waals surface area contributed by atoms with E-state index in [4.69, 9.17) is 26.0 Å². The van der Waals surface area contributed by atoms with Crippen LogP contribution in [0.1, 0.15) is 79.0 Å². The lowest BCUT2D eigenvalue weighted by atomic mass is 9.97. The summed E-state index contributed by atoms with van der Waals surface area (Å²) in [6, 6.07) is 13.0. The van der Waals surface area contributed by atoms with Gasteiger partial charge in [0.05, 0.1) is 67.9 Å². The number of fused-ring (bicyclic) bond motifs is 5. The van der Waals surface area contributed by atoms with Crippen molar-refractivity contribution >= 4 is 58.6 Å². The smallest absolute Gasteiger partial charge is 0.340 e. The summed E-state index contributed by atoms with van der Waals surface area (Å²) in [5.74, 6) is 3.30. The highest BCUT2D eigenvalue weighted by Crippen LogP contribution is 2.39. The Balaban J connectivity index is 0.000000448. The molecule has 25 heteroatoms. The number of halogens is 1. The Hall–Kier alpha value is -8.23. The number of cyclic esters (lactones) is 1. The number of aliphatic hydroxyl groups is 1. The van der Waals surface area contributed by atoms with Crippen molar-refractivity contribution in [3.63, 3.8) is 0 Å². The van der Waals surface area contributed by atoms with Crippen LogP contribution in [0.2, 0.25) is 0 Å². The molecule has 10 N–H and O–H groups in total. The van der Waals surface area contributed by atoms with Crippen LogP contribution < -0.4 is 43.7 Å². The maximum atomic E-state index is 14.9. The van der Waals surface area contributed by atoms with E-state index in [9.17, 15) is 52.6 Å². The number of amides is 6. The van der Waals surface area contributed by atoms with Crippen LogP contribution in [0, 0.1) is 12.7 Å². The zero-order valence-corrected chi connectivity index (χ0v) is 45.9. The molecule has 6 amide bonds. The number of ether oxygens (including phenoxy) is 2. The first-order valence-electron chi connectivity index (χ1n) is 26.7. The van der Waals surface area contributed by atoms with Gasteiger partial charge >= 0.3 is 5.97 Å². The molecule has 2 aromatic carbocycles. The number of nitrogens with two attached hydrogens (primary N) is 2. The van der Waals surface area contributed by atoms with Gasteiger partial charge in [-0.3, -0.25) is 43.4 Å². The summed E-state index contributed by atoms with van der Waals surface area (Å²) in [5, 5.41) is 25.9. The summed E-state index contributed by atoms with van der Waals surface area (Å²) in [6.07, 6.45) is 5.49. The zero-order valence-electron chi connectivity index (χ0n) is 45.9. The summed E-state index contributed by atoms with van der Waals surface area (Å²) < 4.78 is 27.3. The average Bonchev–Trinajstić information content (AvgIpc) is 3.61. The van der Waals surface area contributed by atoms with E-state index in [2.05, 4.69) is 31.5 Å². The summed E-state index contributed by atoms with van der Waals surface area (Å²) in [6.45, 7) is 7.71. The number of rotatable bonds is 23. The van der Waals surface area contributed by atoms with Crippen molar-refractivity contribution in [3.8, 4) is 11.4 Å². The van der Waals surface area contributed by atoms with Gasteiger partial charge in [-0.25, -0.2) is 20.0 Å². The van der Waals surface area contributed by atoms with E-state index >= 15 is 0 Å². The molecule has 1 saturated heterocycles. The Morgan fingerprint density at radius 2 is 1.69 bits per heavy atom. The van der Waals surface area contributed by atoms with E-state index in [0.717, 1.165) is 12.0 Å². The van der Waals surface area contributed by atoms with Crippen molar-refractivity contribution in [1.29, 1.82) is 0 Å². The van der Waals surface area contributed by atoms with E-state index < -0.39 is 41.3 Å². The number of benzene rings is 2. The molecular formula is C56H71FN12O12. The van der Waals surface area contributed by atoms with Gasteiger partial charge in [-0.2, -0.15) is 0 Å². The van der Waals surface area contributed by atoms with Crippen LogP contribution in [0.15, 0.2) is 77.4 Å². The molecule has 8 rings (SSSR count). The quantitative estimate of drug-likeness (QED) is 0.0108. The highest BCUT2D eigenvalue weighted by Gasteiger charge is 2.35. The minimum absolute atomic E-state index is 0.0366. The highest BCUT2D eigenvalue weighted by atomic mass is 19.1. The van der Waals surface area contributed by atoms with Crippen LogP contribution in [0.25, 0.3) is 22.3 Å². The maximum Gasteiger partial charge on any atom is 0.340 e. The standard InChI is InChI=1S/C42H49FN10O8.C12H16N2O4.C2H6/c1-23-10-27-29(30-21-53-35(38(30)50-33(27)13-32(23)43)12-28-31(41(53)58)22-61-42(59)39(28)56)20-52(45)18-25(44)17-51-8-9-60-26(19-51)14-47-36(54)16-48-40(57)34(49-37(55)15-46-2)11-24-6-4-3-5-7-24;15-9-7-13-10(16)4-2-1-3-8-14-11(17)5-6-12(14)18;1-2/h3-7,10,12-13,18,26,34,39,46,56H,8-9,11,14-17,19-22,44-45H2,1-2H3,(H,47,54)(H,48,57)(H,49,55);5-6,9H,1-4,7-8H2,(H,13,16);1-2H3/b25-18-;;. The highest BCUT2D eigenvalue weighted by molar-refractivity contribution is 6.12. The topological polar surface area (TPSA) is 332 Å². The third-order valence-corrected chi connectivity index (χ3v) is 13.4. The summed E-state index contributed by atoms with van der Waals surface area (Å²) in [5.41, 5.74) is 10.6. The van der Waals surface area contributed by atoms with Crippen molar-refractivity contribution in [2.45, 2.75) is 90.8 Å². The number of hydrogen-bond donors (Lipinski definition) is 8. The number of unbranched alkanes of at least 4 members (excludes halogenated alkanes) is 2. The molecule has 0 aliphatic carbocycles. The van der Waals surface area contributed by atoms with Crippen LogP contribution in [0.5, 0.6) is 0 Å². The lowest BCUT2D eigenvalue weighted by Gasteiger charge is -2.33. The third kappa shape index (κ3) is 16.7. The number of nitrogens with zero attached hydrogens (tertiary/aromatic N) is 5. The minimum atomic E-state index is -1.62. The molecule has 0 saturated carbocycles. The lowest BCUT2D eigenvalue weighted by Crippen LogP contribution is -2.52. The number of carbonyl (C=O) groups is 8. The zero-order chi connectivity index (χ0) is 58.8. The Morgan fingerprint density at radius 3 is 2.41 bits per heavy atom. The monoisotopic (exact) mass is 1120 g/mol. The number of esters is 1. The Labute approximate surface area is 467 Å². The molecule has 4 aliphatic heterocycles. The first kappa shape index (κ1) is 62.0. The molecule has 0 bridgehead atoms. The second-order valence-electron chi connectivity index (χ2n) is 19.3. The summed E-state index contributed by atoms with van der Waals surface area (Å²) in [4.78, 5) is 115. The number of carbonyl (C=O) groups excluding carboxylic acids is 8. The molecule has 3 unspecified atom stereocenters. The number of likely N-dealkylation sites (N-methyl/N-ethyl adjacent to an activating group) is 1. The second kappa shape index (κ2) is 29.8. The number of nitrogens with one attached hydrogen (secondary N) is 5. The molecule has 0 radical (unpaired) electrons. The minimum Gasteiger partial charge on any atom is -0.458 e. The van der Waals surface area contributed by atoms with Crippen LogP contribution in [0.3, 0.4) is 0 Å². The normalized spacial score (nSPS) is 16.6. The van der Waals surface area contributed by atoms with Crippen LogP contribution in [0.4, 0.5) is 4.39 Å². The number of morpholine rings is 1. The summed E-state index contributed by atoms with van der Waals surface area (Å²) in [7, 11) is 1.63. The third-order valence-electron chi connectivity index (χ3n) is 13.4. The molecule has 6 heterocycles. The Bertz CT molecular complexity index is 3080. The molecule has 2 aromatic heterocycles. The number of aldehydes is 1. The number of aromatic nitrogens is 2. The van der Waals surface area contributed by atoms with E-state index in [1.807, 2.05) is 44.2 Å². The number of aliphatic hydroxyl groups excluding tert-OH is 1. The predicted octanol–water partition coefficient (Wildman–Crippen LogP) is 0.132. The van der Waals surface area contributed by atoms with Gasteiger partial charge in [0.25, 0.3) is 17.4 Å². The molecule has 4 aromatic rings. The van der Waals surface area contributed by atoms with Crippen LogP contribution in [-0.4, -0.2) is 155 Å². The molecule has 81 heavy (non-hydrogen) atoms. The number of hydrogen-bond acceptors (Lipinski definition) is 18. The van der Waals surface area contributed by atoms with Crippen molar-refractivity contribution in [3.05, 3.63) is 122 Å². The van der Waals surface area contributed by atoms with E-state index in [1.54, 1.807) is 32.3 Å². The van der Waals surface area contributed by atoms with Gasteiger partial charge in [-0.1, -0.05) is 50.6 Å². The second-order valence-corrected chi connectivity index (χ2v) is 19.3. The summed E-state index contributed by atoms with van der Waals surface area (Å²) >= 11 is 0. The number of pyridine rings is 2. The van der Waals surface area contributed by atoms with Gasteiger partial charge in [0.1, 0.15) is 24.8 Å². The van der Waals surface area contributed by atoms with E-state index in [-0.39, 0.29) is 93.2 Å². The molecular weight excluding hydrogens is 1050 g/mol. The molecule has 434 valence electrons. The first-order chi connectivity index (χ1) is 38.9. The van der Waals surface area contributed by atoms with Crippen LogP contribution >= 0.6 is 0 Å². The molecule has 4 aliphatic rings. The van der Waals surface area contributed by atoms with Gasteiger partial charge in [-0.15, -0.1) is 0 Å². The number of hydrazine groups is 1. The largest absolute Gasteiger partial charge is 0.458 e. The first-order valence-corrected chi connectivity index (χ1v) is 26.7. The molecule has 1 fully saturated rings. The fraction of sp³-hybridized carbons (Fsp3) is 0.429. The Kier molecular flexibility index (Phi) is 22.8. The lowest BCUT2D eigenvalue weighted by molar-refractivity contribution is -0.157. The average molecular weight is 1120 g/mol. The van der Waals surface area contributed by atoms with Crippen LogP contribution in [-0.2, 0) is 73.9 Å². The fourth-order valence-electron chi connectivity index (χ4n) is 9.48. The Morgan fingerprint density at radius 1 is 0.951 bits per heavy atom. The molecule has 24 nitrogen and oxygen atoms in total. The van der Waals surface area contributed by atoms with Gasteiger partial charge in [-0.05, 0) is 55.6 Å². The van der Waals surface area contributed by atoms with Crippen molar-refractivity contribution in [2.75, 3.05) is 66.0 Å². The van der Waals surface area contributed by atoms with E-state index in [0.29, 0.717) is 103 Å². The van der Waals surface area contributed by atoms with Crippen molar-refractivity contribution < 1.29 is 57.3 Å². The predicted molar refractivity (Wildman–Crippen MR) is 295 cm³/mol.